The van der Waals surface area contributed by atoms with Crippen molar-refractivity contribution in [2.24, 2.45) is 5.16 Å². The number of carbonyl (C=O) groups excluding carboxylic acids is 1. The molecule has 0 atom stereocenters. The zero-order chi connectivity index (χ0) is 12.0. The highest BCUT2D eigenvalue weighted by Gasteiger charge is 2.14. The van der Waals surface area contributed by atoms with Gasteiger partial charge in [0.25, 0.3) is 0 Å². The molecule has 0 fully saturated rings. The number of ether oxygens (including phenoxy) is 1. The van der Waals surface area contributed by atoms with E-state index in [1.807, 2.05) is 0 Å². The lowest BCUT2D eigenvalue weighted by atomic mass is 10.1. The summed E-state index contributed by atoms with van der Waals surface area (Å²) in [5.41, 5.74) is 0.596. The Kier molecular flexibility index (Phi) is 4.26. The van der Waals surface area contributed by atoms with Gasteiger partial charge in [0, 0.05) is 18.6 Å². The fourth-order valence-corrected chi connectivity index (χ4v) is 1.12. The molecule has 6 heteroatoms. The molecule has 0 aliphatic rings. The van der Waals surface area contributed by atoms with Gasteiger partial charge in [0.05, 0.1) is 6.61 Å². The zero-order valence-corrected chi connectivity index (χ0v) is 8.79. The van der Waals surface area contributed by atoms with Gasteiger partial charge >= 0.3 is 5.97 Å². The quantitative estimate of drug-likeness (QED) is 0.198. The number of aromatic nitrogens is 1. The van der Waals surface area contributed by atoms with Crippen molar-refractivity contribution < 1.29 is 19.5 Å². The summed E-state index contributed by atoms with van der Waals surface area (Å²) in [5, 5.41) is 22.3. The fraction of sp³-hybridized carbons (Fsp3) is 0.300. The molecule has 0 aromatic carbocycles. The van der Waals surface area contributed by atoms with Crippen molar-refractivity contribution in [3.8, 4) is 0 Å². The van der Waals surface area contributed by atoms with E-state index >= 15 is 0 Å². The van der Waals surface area contributed by atoms with Crippen molar-refractivity contribution in [1.29, 1.82) is 0 Å². The van der Waals surface area contributed by atoms with E-state index in [2.05, 4.69) is 5.16 Å². The van der Waals surface area contributed by atoms with Gasteiger partial charge in [-0.2, -0.15) is 4.73 Å². The molecule has 0 radical (unpaired) electrons. The SMILES string of the molecule is CCOC(=O)/C(Cc1cc[n+]([O-])cc1)=N/O. The van der Waals surface area contributed by atoms with Crippen LogP contribution in [0.5, 0.6) is 0 Å². The predicted molar refractivity (Wildman–Crippen MR) is 55.0 cm³/mol. The van der Waals surface area contributed by atoms with Crippen LogP contribution in [0.4, 0.5) is 0 Å². The van der Waals surface area contributed by atoms with Gasteiger partial charge in [-0.15, -0.1) is 0 Å². The van der Waals surface area contributed by atoms with E-state index in [9.17, 15) is 10.0 Å². The normalized spacial score (nSPS) is 11.2. The van der Waals surface area contributed by atoms with Crippen LogP contribution in [-0.2, 0) is 16.0 Å². The first-order valence-electron chi connectivity index (χ1n) is 4.73. The molecule has 0 unspecified atom stereocenters. The highest BCUT2D eigenvalue weighted by atomic mass is 16.5. The summed E-state index contributed by atoms with van der Waals surface area (Å²) in [6.07, 6.45) is 2.72. The van der Waals surface area contributed by atoms with Crippen LogP contribution in [0.2, 0.25) is 0 Å². The average molecular weight is 224 g/mol. The van der Waals surface area contributed by atoms with Gasteiger partial charge in [-0.25, -0.2) is 4.79 Å². The number of carbonyl (C=O) groups is 1. The standard InChI is InChI=1S/C10H12N2O4/c1-2-16-10(13)9(11-14)7-8-3-5-12(15)6-4-8/h3-6,14H,2,7H2,1H3/b11-9+. The smallest absolute Gasteiger partial charge is 0.356 e. The van der Waals surface area contributed by atoms with Crippen molar-refractivity contribution in [2.75, 3.05) is 6.61 Å². The maximum absolute atomic E-state index is 11.3. The largest absolute Gasteiger partial charge is 0.619 e. The zero-order valence-electron chi connectivity index (χ0n) is 8.79. The second kappa shape index (κ2) is 5.69. The summed E-state index contributed by atoms with van der Waals surface area (Å²) in [6, 6.07) is 3.08. The second-order valence-electron chi connectivity index (χ2n) is 3.01. The van der Waals surface area contributed by atoms with E-state index in [0.29, 0.717) is 10.3 Å². The number of pyridine rings is 1. The van der Waals surface area contributed by atoms with Crippen LogP contribution in [0.1, 0.15) is 12.5 Å². The number of rotatable bonds is 4. The van der Waals surface area contributed by atoms with Crippen LogP contribution < -0.4 is 4.73 Å². The molecule has 86 valence electrons. The number of hydrogen-bond donors (Lipinski definition) is 1. The first-order chi connectivity index (χ1) is 7.67. The van der Waals surface area contributed by atoms with Gasteiger partial charge in [-0.1, -0.05) is 5.16 Å². The van der Waals surface area contributed by atoms with Crippen LogP contribution in [0.3, 0.4) is 0 Å². The Labute approximate surface area is 92.4 Å². The van der Waals surface area contributed by atoms with Crippen molar-refractivity contribution in [3.63, 3.8) is 0 Å². The molecule has 0 saturated heterocycles. The topological polar surface area (TPSA) is 85.8 Å². The van der Waals surface area contributed by atoms with E-state index in [1.165, 1.54) is 24.5 Å². The summed E-state index contributed by atoms with van der Waals surface area (Å²) in [6.45, 7) is 1.88. The molecule has 0 spiro atoms. The molecule has 1 aromatic rings. The summed E-state index contributed by atoms with van der Waals surface area (Å²) >= 11 is 0. The molecule has 1 aromatic heterocycles. The third kappa shape index (κ3) is 3.23. The first-order valence-corrected chi connectivity index (χ1v) is 4.73. The fourth-order valence-electron chi connectivity index (χ4n) is 1.12. The Morgan fingerprint density at radius 1 is 1.56 bits per heavy atom. The predicted octanol–water partition coefficient (Wildman–Crippen LogP) is 0.256. The number of oxime groups is 1. The Hall–Kier alpha value is -2.11. The summed E-state index contributed by atoms with van der Waals surface area (Å²) in [5.74, 6) is -0.663. The van der Waals surface area contributed by atoms with Gasteiger partial charge in [-0.05, 0) is 12.5 Å². The molecule has 1 N–H and O–H groups in total. The molecule has 6 nitrogen and oxygen atoms in total. The number of esters is 1. The van der Waals surface area contributed by atoms with E-state index in [4.69, 9.17) is 9.94 Å². The summed E-state index contributed by atoms with van der Waals surface area (Å²) in [7, 11) is 0. The maximum atomic E-state index is 11.3. The van der Waals surface area contributed by atoms with Crippen LogP contribution in [0, 0.1) is 5.21 Å². The lowest BCUT2D eigenvalue weighted by molar-refractivity contribution is -0.605. The van der Waals surface area contributed by atoms with Crippen LogP contribution in [-0.4, -0.2) is 23.5 Å². The van der Waals surface area contributed by atoms with Gasteiger partial charge in [0.1, 0.15) is 0 Å². The summed E-state index contributed by atoms with van der Waals surface area (Å²) in [4.78, 5) is 11.3. The molecule has 0 aliphatic heterocycles. The molecule has 1 heterocycles. The average Bonchev–Trinajstić information content (AvgIpc) is 2.28. The van der Waals surface area contributed by atoms with Gasteiger partial charge in [-0.3, -0.25) is 0 Å². The second-order valence-corrected chi connectivity index (χ2v) is 3.01. The van der Waals surface area contributed by atoms with E-state index in [0.717, 1.165) is 0 Å². The van der Waals surface area contributed by atoms with Crippen molar-refractivity contribution in [1.82, 2.24) is 0 Å². The molecule has 0 saturated carbocycles. The highest BCUT2D eigenvalue weighted by molar-refractivity contribution is 6.36. The molecule has 16 heavy (non-hydrogen) atoms. The lowest BCUT2D eigenvalue weighted by Crippen LogP contribution is -2.25. The molecular weight excluding hydrogens is 212 g/mol. The highest BCUT2D eigenvalue weighted by Crippen LogP contribution is 2.00. The Balaban J connectivity index is 2.71. The van der Waals surface area contributed by atoms with Crippen LogP contribution in [0.25, 0.3) is 0 Å². The van der Waals surface area contributed by atoms with Gasteiger partial charge in [0.15, 0.2) is 18.1 Å². The van der Waals surface area contributed by atoms with Crippen molar-refractivity contribution in [3.05, 3.63) is 35.3 Å². The van der Waals surface area contributed by atoms with Gasteiger partial charge < -0.3 is 15.2 Å². The van der Waals surface area contributed by atoms with Crippen LogP contribution in [0.15, 0.2) is 29.7 Å². The van der Waals surface area contributed by atoms with E-state index < -0.39 is 5.97 Å². The monoisotopic (exact) mass is 224 g/mol. The van der Waals surface area contributed by atoms with Crippen molar-refractivity contribution in [2.45, 2.75) is 13.3 Å². The minimum atomic E-state index is -0.663. The molecule has 0 bridgehead atoms. The molecular formula is C10H12N2O4. The van der Waals surface area contributed by atoms with E-state index in [-0.39, 0.29) is 18.7 Å². The molecule has 0 amide bonds. The number of hydrogen-bond acceptors (Lipinski definition) is 5. The third-order valence-corrected chi connectivity index (χ3v) is 1.87. The van der Waals surface area contributed by atoms with Crippen LogP contribution >= 0.6 is 0 Å². The molecule has 0 aliphatic carbocycles. The summed E-state index contributed by atoms with van der Waals surface area (Å²) < 4.78 is 5.32. The lowest BCUT2D eigenvalue weighted by Gasteiger charge is -2.03. The first kappa shape index (κ1) is 12.0. The minimum Gasteiger partial charge on any atom is -0.619 e. The minimum absolute atomic E-state index is 0.0921. The maximum Gasteiger partial charge on any atom is 0.356 e. The molecule has 1 rings (SSSR count). The van der Waals surface area contributed by atoms with E-state index in [1.54, 1.807) is 6.92 Å². The van der Waals surface area contributed by atoms with Gasteiger partial charge in [0.2, 0.25) is 0 Å². The Morgan fingerprint density at radius 2 is 2.19 bits per heavy atom. The van der Waals surface area contributed by atoms with Crippen molar-refractivity contribution >= 4 is 11.7 Å². The Morgan fingerprint density at radius 3 is 2.69 bits per heavy atom. The number of nitrogens with zero attached hydrogens (tertiary/aromatic N) is 2. The Bertz CT molecular complexity index is 386. The third-order valence-electron chi connectivity index (χ3n) is 1.87.